The minimum atomic E-state index is -0.151. The molecule has 1 amide bonds. The van der Waals surface area contributed by atoms with E-state index in [1.165, 1.54) is 17.5 Å². The van der Waals surface area contributed by atoms with E-state index in [4.69, 9.17) is 25.5 Å². The molecule has 6 heteroatoms. The van der Waals surface area contributed by atoms with Crippen molar-refractivity contribution in [3.8, 4) is 5.75 Å². The van der Waals surface area contributed by atoms with Crippen LogP contribution in [0.3, 0.4) is 0 Å². The number of carbonyl (C=O) groups excluding carboxylic acids is 1. The van der Waals surface area contributed by atoms with E-state index in [1.54, 1.807) is 31.6 Å². The maximum absolute atomic E-state index is 12.7. The monoisotopic (exact) mass is 399 g/mol. The number of hydrogen-bond donors (Lipinski definition) is 1. The van der Waals surface area contributed by atoms with Crippen molar-refractivity contribution in [2.75, 3.05) is 25.6 Å². The van der Waals surface area contributed by atoms with E-state index in [0.29, 0.717) is 29.7 Å². The third kappa shape index (κ3) is 3.86. The number of hydrogen-bond acceptors (Lipinski definition) is 4. The molecule has 1 aliphatic rings. The van der Waals surface area contributed by atoms with Crippen molar-refractivity contribution >= 4 is 34.2 Å². The summed E-state index contributed by atoms with van der Waals surface area (Å²) < 4.78 is 16.4. The maximum atomic E-state index is 12.7. The van der Waals surface area contributed by atoms with Crippen LogP contribution in [-0.4, -0.2) is 26.2 Å². The van der Waals surface area contributed by atoms with Gasteiger partial charge in [-0.05, 0) is 54.7 Å². The number of benzene rings is 2. The zero-order valence-corrected chi connectivity index (χ0v) is 16.5. The quantitative estimate of drug-likeness (QED) is 0.581. The van der Waals surface area contributed by atoms with Gasteiger partial charge in [0.15, 0.2) is 5.75 Å². The molecule has 1 aromatic heterocycles. The minimum Gasteiger partial charge on any atom is -0.487 e. The predicted octanol–water partition coefficient (Wildman–Crippen LogP) is 4.78. The lowest BCUT2D eigenvalue weighted by atomic mass is 10.0. The molecule has 28 heavy (non-hydrogen) atoms. The van der Waals surface area contributed by atoms with Gasteiger partial charge in [0.1, 0.15) is 12.2 Å². The minimum absolute atomic E-state index is 0.151. The molecule has 1 aliphatic carbocycles. The van der Waals surface area contributed by atoms with Crippen LogP contribution in [0.4, 0.5) is 5.69 Å². The van der Waals surface area contributed by atoms with Crippen LogP contribution >= 0.6 is 11.6 Å². The van der Waals surface area contributed by atoms with Gasteiger partial charge in [-0.25, -0.2) is 0 Å². The lowest BCUT2D eigenvalue weighted by Crippen LogP contribution is -2.16. The van der Waals surface area contributed by atoms with E-state index in [0.717, 1.165) is 29.4 Å². The Kier molecular flexibility index (Phi) is 5.55. The largest absolute Gasteiger partial charge is 0.487 e. The molecular formula is C22H22ClNO4. The predicted molar refractivity (Wildman–Crippen MR) is 109 cm³/mol. The molecule has 0 saturated heterocycles. The summed E-state index contributed by atoms with van der Waals surface area (Å²) in [5.74, 6) is 0.298. The molecule has 0 spiro atoms. The van der Waals surface area contributed by atoms with Crippen molar-refractivity contribution in [1.82, 2.24) is 0 Å². The maximum Gasteiger partial charge on any atom is 0.229 e. The van der Waals surface area contributed by atoms with E-state index in [2.05, 4.69) is 17.4 Å². The van der Waals surface area contributed by atoms with E-state index < -0.39 is 0 Å². The first-order valence-electron chi connectivity index (χ1n) is 9.37. The van der Waals surface area contributed by atoms with Crippen molar-refractivity contribution < 1.29 is 18.7 Å². The first-order valence-corrected chi connectivity index (χ1v) is 9.75. The Hall–Kier alpha value is -2.50. The highest BCUT2D eigenvalue weighted by Gasteiger charge is 2.18. The highest BCUT2D eigenvalue weighted by Crippen LogP contribution is 2.34. The summed E-state index contributed by atoms with van der Waals surface area (Å²) in [5.41, 5.74) is 4.98. The van der Waals surface area contributed by atoms with Gasteiger partial charge in [-0.2, -0.15) is 0 Å². The van der Waals surface area contributed by atoms with E-state index >= 15 is 0 Å². The van der Waals surface area contributed by atoms with Crippen LogP contribution in [0, 0.1) is 0 Å². The Morgan fingerprint density at radius 3 is 2.86 bits per heavy atom. The van der Waals surface area contributed by atoms with Crippen LogP contribution in [0.2, 0.25) is 5.02 Å². The molecule has 0 aliphatic heterocycles. The smallest absolute Gasteiger partial charge is 0.229 e. The zero-order chi connectivity index (χ0) is 19.5. The molecule has 0 unspecified atom stereocenters. The number of ether oxygens (including phenoxy) is 2. The number of carbonyl (C=O) groups is 1. The number of rotatable bonds is 7. The summed E-state index contributed by atoms with van der Waals surface area (Å²) in [6.45, 7) is 0.782. The van der Waals surface area contributed by atoms with Gasteiger partial charge in [-0.1, -0.05) is 17.7 Å². The van der Waals surface area contributed by atoms with Crippen LogP contribution in [0.25, 0.3) is 11.0 Å². The summed E-state index contributed by atoms with van der Waals surface area (Å²) in [6.07, 6.45) is 5.26. The number of fused-ring (bicyclic) bond motifs is 2. The van der Waals surface area contributed by atoms with Crippen LogP contribution in [0.1, 0.15) is 23.1 Å². The molecule has 3 aromatic rings. The van der Waals surface area contributed by atoms with E-state index in [1.807, 2.05) is 0 Å². The second kappa shape index (κ2) is 8.25. The molecular weight excluding hydrogens is 378 g/mol. The molecule has 146 valence electrons. The van der Waals surface area contributed by atoms with Crippen LogP contribution < -0.4 is 10.1 Å². The fraction of sp³-hybridized carbons (Fsp3) is 0.318. The Bertz CT molecular complexity index is 1010. The fourth-order valence-corrected chi connectivity index (χ4v) is 3.86. The number of para-hydroxylation sites is 1. The molecule has 5 nitrogen and oxygen atoms in total. The summed E-state index contributed by atoms with van der Waals surface area (Å²) in [6, 6.07) is 9.55. The summed E-state index contributed by atoms with van der Waals surface area (Å²) in [5, 5.41) is 4.36. The van der Waals surface area contributed by atoms with Gasteiger partial charge in [0.05, 0.1) is 30.0 Å². The Labute approximate surface area is 168 Å². The molecule has 0 fully saturated rings. The Balaban J connectivity index is 1.51. The van der Waals surface area contributed by atoms with E-state index in [-0.39, 0.29) is 12.3 Å². The molecule has 1 N–H and O–H groups in total. The Morgan fingerprint density at radius 1 is 1.21 bits per heavy atom. The highest BCUT2D eigenvalue weighted by molar-refractivity contribution is 6.32. The van der Waals surface area contributed by atoms with E-state index in [9.17, 15) is 4.79 Å². The average molecular weight is 400 g/mol. The lowest BCUT2D eigenvalue weighted by molar-refractivity contribution is -0.115. The van der Waals surface area contributed by atoms with Crippen LogP contribution in [-0.2, 0) is 28.8 Å². The number of halogens is 1. The van der Waals surface area contributed by atoms with Crippen molar-refractivity contribution in [2.45, 2.75) is 25.7 Å². The van der Waals surface area contributed by atoms with Crippen molar-refractivity contribution in [3.05, 3.63) is 58.3 Å². The normalized spacial score (nSPS) is 12.9. The number of amides is 1. The summed E-state index contributed by atoms with van der Waals surface area (Å²) in [4.78, 5) is 12.7. The van der Waals surface area contributed by atoms with Crippen LogP contribution in [0.15, 0.2) is 41.0 Å². The van der Waals surface area contributed by atoms with Gasteiger partial charge in [0.2, 0.25) is 5.91 Å². The van der Waals surface area contributed by atoms with Gasteiger partial charge < -0.3 is 19.2 Å². The van der Waals surface area contributed by atoms with Crippen molar-refractivity contribution in [3.63, 3.8) is 0 Å². The molecule has 2 aromatic carbocycles. The van der Waals surface area contributed by atoms with Gasteiger partial charge in [-0.3, -0.25) is 4.79 Å². The third-order valence-electron chi connectivity index (χ3n) is 4.99. The lowest BCUT2D eigenvalue weighted by Gasteiger charge is -2.13. The number of aryl methyl sites for hydroxylation is 2. The highest BCUT2D eigenvalue weighted by atomic mass is 35.5. The SMILES string of the molecule is COCCOc1c(Cl)cccc1NC(=O)Cc1coc2cc3c(cc12)CCC3. The first-order chi connectivity index (χ1) is 13.7. The first kappa shape index (κ1) is 18.8. The molecule has 0 radical (unpaired) electrons. The Morgan fingerprint density at radius 2 is 2.04 bits per heavy atom. The van der Waals surface area contributed by atoms with Gasteiger partial charge in [-0.15, -0.1) is 0 Å². The number of nitrogens with one attached hydrogen (secondary N) is 1. The molecule has 0 bridgehead atoms. The average Bonchev–Trinajstić information content (AvgIpc) is 3.29. The van der Waals surface area contributed by atoms with Gasteiger partial charge in [0.25, 0.3) is 0 Å². The molecule has 1 heterocycles. The second-order valence-corrected chi connectivity index (χ2v) is 7.32. The number of methoxy groups -OCH3 is 1. The fourth-order valence-electron chi connectivity index (χ4n) is 3.63. The summed E-state index contributed by atoms with van der Waals surface area (Å²) in [7, 11) is 1.60. The number of anilines is 1. The van der Waals surface area contributed by atoms with Crippen molar-refractivity contribution in [2.24, 2.45) is 0 Å². The molecule has 4 rings (SSSR count). The zero-order valence-electron chi connectivity index (χ0n) is 15.7. The molecule has 0 saturated carbocycles. The molecule has 0 atom stereocenters. The van der Waals surface area contributed by atoms with Crippen molar-refractivity contribution in [1.29, 1.82) is 0 Å². The van der Waals surface area contributed by atoms with Gasteiger partial charge in [0, 0.05) is 18.1 Å². The third-order valence-corrected chi connectivity index (χ3v) is 5.29. The summed E-state index contributed by atoms with van der Waals surface area (Å²) >= 11 is 6.23. The van der Waals surface area contributed by atoms with Crippen LogP contribution in [0.5, 0.6) is 5.75 Å². The second-order valence-electron chi connectivity index (χ2n) is 6.91. The topological polar surface area (TPSA) is 60.7 Å². The standard InChI is InChI=1S/C22H22ClNO4/c1-26-8-9-27-22-18(23)6-3-7-19(22)24-21(25)12-16-13-28-20-11-15-5-2-4-14(15)10-17(16)20/h3,6-7,10-11,13H,2,4-5,8-9,12H2,1H3,(H,24,25). The number of furan rings is 1. The van der Waals surface area contributed by atoms with Gasteiger partial charge >= 0.3 is 0 Å².